The molecule has 0 radical (unpaired) electrons. The number of hydrogen-bond acceptors (Lipinski definition) is 3. The summed E-state index contributed by atoms with van der Waals surface area (Å²) in [6.07, 6.45) is 7.48. The molecule has 1 spiro atoms. The molecular formula is C23H37IN4O. The summed E-state index contributed by atoms with van der Waals surface area (Å²) in [4.78, 5) is 7.06. The van der Waals surface area contributed by atoms with Crippen molar-refractivity contribution in [2.24, 2.45) is 10.4 Å². The Balaban J connectivity index is 0.00000240. The summed E-state index contributed by atoms with van der Waals surface area (Å²) in [5.41, 5.74) is 1.88. The third kappa shape index (κ3) is 5.25. The van der Waals surface area contributed by atoms with E-state index in [1.165, 1.54) is 44.1 Å². The number of nitrogens with zero attached hydrogens (tertiary/aromatic N) is 2. The molecule has 0 amide bonds. The van der Waals surface area contributed by atoms with Crippen molar-refractivity contribution in [3.8, 4) is 0 Å². The van der Waals surface area contributed by atoms with Gasteiger partial charge in [0.1, 0.15) is 0 Å². The number of likely N-dealkylation sites (tertiary alicyclic amines) is 1. The molecule has 2 aliphatic heterocycles. The highest BCUT2D eigenvalue weighted by Crippen LogP contribution is 2.38. The van der Waals surface area contributed by atoms with Crippen molar-refractivity contribution >= 4 is 29.9 Å². The van der Waals surface area contributed by atoms with Crippen LogP contribution in [0.4, 0.5) is 0 Å². The van der Waals surface area contributed by atoms with E-state index in [4.69, 9.17) is 4.74 Å². The second-order valence-electron chi connectivity index (χ2n) is 9.14. The quantitative estimate of drug-likeness (QED) is 0.357. The maximum atomic E-state index is 5.69. The number of aliphatic imine (C=N–C) groups is 1. The van der Waals surface area contributed by atoms with Gasteiger partial charge < -0.3 is 20.3 Å². The molecule has 1 aliphatic carbocycles. The molecule has 1 aromatic carbocycles. The summed E-state index contributed by atoms with van der Waals surface area (Å²) in [5.74, 6) is 1.06. The van der Waals surface area contributed by atoms with E-state index in [9.17, 15) is 0 Å². The van der Waals surface area contributed by atoms with Crippen LogP contribution in [0.3, 0.4) is 0 Å². The summed E-state index contributed by atoms with van der Waals surface area (Å²) in [6, 6.07) is 11.1. The average molecular weight is 512 g/mol. The Labute approximate surface area is 193 Å². The van der Waals surface area contributed by atoms with Crippen LogP contribution in [0.25, 0.3) is 0 Å². The van der Waals surface area contributed by atoms with Crippen LogP contribution in [0.2, 0.25) is 0 Å². The molecule has 2 unspecified atom stereocenters. The van der Waals surface area contributed by atoms with E-state index in [2.05, 4.69) is 57.8 Å². The fourth-order valence-corrected chi connectivity index (χ4v) is 5.38. The minimum atomic E-state index is 0. The number of benzene rings is 1. The Morgan fingerprint density at radius 2 is 1.93 bits per heavy atom. The zero-order valence-electron chi connectivity index (χ0n) is 18.0. The first-order chi connectivity index (χ1) is 13.6. The molecule has 3 aliphatic rings. The van der Waals surface area contributed by atoms with Gasteiger partial charge in [0, 0.05) is 50.3 Å². The van der Waals surface area contributed by atoms with Crippen molar-refractivity contribution in [1.82, 2.24) is 15.5 Å². The van der Waals surface area contributed by atoms with Crippen LogP contribution in [0.5, 0.6) is 0 Å². The van der Waals surface area contributed by atoms with Gasteiger partial charge in [0.05, 0.1) is 6.61 Å². The number of guanidine groups is 1. The lowest BCUT2D eigenvalue weighted by atomic mass is 9.87. The van der Waals surface area contributed by atoms with Crippen LogP contribution in [-0.2, 0) is 4.74 Å². The van der Waals surface area contributed by atoms with Crippen LogP contribution in [0.1, 0.15) is 57.1 Å². The van der Waals surface area contributed by atoms with Crippen molar-refractivity contribution in [2.75, 3.05) is 39.9 Å². The standard InChI is InChI=1S/C23H36N4O.HI/c1-19(20-8-4-3-5-9-20)26-23(10-6-7-11-23)16-25-21(24-2)27-14-12-22(17-27)13-15-28-18-22;/h3-5,8-9,19,26H,6-7,10-18H2,1-2H3,(H,24,25);1H. The molecule has 29 heavy (non-hydrogen) atoms. The molecule has 162 valence electrons. The predicted octanol–water partition coefficient (Wildman–Crippen LogP) is 3.96. The summed E-state index contributed by atoms with van der Waals surface area (Å²) in [6.45, 7) is 7.23. The van der Waals surface area contributed by atoms with Crippen molar-refractivity contribution in [3.63, 3.8) is 0 Å². The van der Waals surface area contributed by atoms with Crippen molar-refractivity contribution in [1.29, 1.82) is 0 Å². The Hall–Kier alpha value is -0.860. The first-order valence-corrected chi connectivity index (χ1v) is 11.0. The normalized spacial score (nSPS) is 27.2. The molecular weight excluding hydrogens is 475 g/mol. The smallest absolute Gasteiger partial charge is 0.193 e. The molecule has 3 fully saturated rings. The van der Waals surface area contributed by atoms with Gasteiger partial charge in [-0.3, -0.25) is 4.99 Å². The van der Waals surface area contributed by atoms with E-state index in [0.29, 0.717) is 11.5 Å². The van der Waals surface area contributed by atoms with Gasteiger partial charge in [0.2, 0.25) is 0 Å². The van der Waals surface area contributed by atoms with Crippen molar-refractivity contribution in [2.45, 2.75) is 57.0 Å². The molecule has 0 bridgehead atoms. The second kappa shape index (κ2) is 9.96. The van der Waals surface area contributed by atoms with E-state index in [1.807, 2.05) is 7.05 Å². The summed E-state index contributed by atoms with van der Waals surface area (Å²) in [7, 11) is 1.92. The highest BCUT2D eigenvalue weighted by Gasteiger charge is 2.42. The molecule has 5 nitrogen and oxygen atoms in total. The molecule has 2 saturated heterocycles. The van der Waals surface area contributed by atoms with Crippen molar-refractivity contribution < 1.29 is 4.74 Å². The molecule has 2 atom stereocenters. The fraction of sp³-hybridized carbons (Fsp3) is 0.696. The van der Waals surface area contributed by atoms with Gasteiger partial charge >= 0.3 is 0 Å². The second-order valence-corrected chi connectivity index (χ2v) is 9.14. The van der Waals surface area contributed by atoms with Gasteiger partial charge in [-0.25, -0.2) is 0 Å². The Morgan fingerprint density at radius 3 is 2.59 bits per heavy atom. The van der Waals surface area contributed by atoms with Crippen LogP contribution < -0.4 is 10.6 Å². The Kier molecular flexibility index (Phi) is 7.84. The summed E-state index contributed by atoms with van der Waals surface area (Å²) >= 11 is 0. The van der Waals surface area contributed by atoms with Gasteiger partial charge in [0.15, 0.2) is 5.96 Å². The third-order valence-electron chi connectivity index (χ3n) is 7.10. The Bertz CT molecular complexity index is 669. The molecule has 1 saturated carbocycles. The fourth-order valence-electron chi connectivity index (χ4n) is 5.38. The monoisotopic (exact) mass is 512 g/mol. The highest BCUT2D eigenvalue weighted by atomic mass is 127. The van der Waals surface area contributed by atoms with E-state index in [1.54, 1.807) is 0 Å². The molecule has 6 heteroatoms. The first kappa shape index (κ1) is 22.8. The number of rotatable bonds is 5. The van der Waals surface area contributed by atoms with Crippen LogP contribution in [0.15, 0.2) is 35.3 Å². The maximum absolute atomic E-state index is 5.69. The van der Waals surface area contributed by atoms with E-state index < -0.39 is 0 Å². The lowest BCUT2D eigenvalue weighted by Crippen LogP contribution is -2.54. The largest absolute Gasteiger partial charge is 0.381 e. The molecule has 1 aromatic rings. The minimum absolute atomic E-state index is 0. The molecule has 0 aromatic heterocycles. The average Bonchev–Trinajstić information content (AvgIpc) is 3.47. The highest BCUT2D eigenvalue weighted by molar-refractivity contribution is 14.0. The predicted molar refractivity (Wildman–Crippen MR) is 130 cm³/mol. The molecule has 4 rings (SSSR count). The number of hydrogen-bond donors (Lipinski definition) is 2. The minimum Gasteiger partial charge on any atom is -0.381 e. The Morgan fingerprint density at radius 1 is 1.17 bits per heavy atom. The van der Waals surface area contributed by atoms with Crippen LogP contribution in [0, 0.1) is 5.41 Å². The van der Waals surface area contributed by atoms with Gasteiger partial charge in [-0.1, -0.05) is 43.2 Å². The van der Waals surface area contributed by atoms with Crippen molar-refractivity contribution in [3.05, 3.63) is 35.9 Å². The lowest BCUT2D eigenvalue weighted by molar-refractivity contribution is 0.156. The summed E-state index contributed by atoms with van der Waals surface area (Å²) in [5, 5.41) is 7.70. The lowest BCUT2D eigenvalue weighted by Gasteiger charge is -2.36. The van der Waals surface area contributed by atoms with E-state index in [-0.39, 0.29) is 29.5 Å². The van der Waals surface area contributed by atoms with Gasteiger partial charge in [-0.15, -0.1) is 24.0 Å². The van der Waals surface area contributed by atoms with Gasteiger partial charge in [0.25, 0.3) is 0 Å². The number of halogens is 1. The maximum Gasteiger partial charge on any atom is 0.193 e. The zero-order chi connectivity index (χ0) is 19.5. The van der Waals surface area contributed by atoms with Crippen LogP contribution >= 0.6 is 24.0 Å². The number of ether oxygens (including phenoxy) is 1. The number of nitrogens with one attached hydrogen (secondary N) is 2. The zero-order valence-corrected chi connectivity index (χ0v) is 20.3. The molecule has 2 heterocycles. The first-order valence-electron chi connectivity index (χ1n) is 11.0. The SMILES string of the molecule is CN=C(NCC1(NC(C)c2ccccc2)CCCC1)N1CCC2(CCOC2)C1.I. The van der Waals surface area contributed by atoms with Crippen LogP contribution in [-0.4, -0.2) is 56.3 Å². The van der Waals surface area contributed by atoms with E-state index >= 15 is 0 Å². The third-order valence-corrected chi connectivity index (χ3v) is 7.10. The van der Waals surface area contributed by atoms with Gasteiger partial charge in [-0.2, -0.15) is 0 Å². The van der Waals surface area contributed by atoms with Gasteiger partial charge in [-0.05, 0) is 38.2 Å². The molecule has 2 N–H and O–H groups in total. The topological polar surface area (TPSA) is 48.9 Å². The van der Waals surface area contributed by atoms with E-state index in [0.717, 1.165) is 38.8 Å². The summed E-state index contributed by atoms with van der Waals surface area (Å²) < 4.78 is 5.69.